The van der Waals surface area contributed by atoms with E-state index in [1.54, 1.807) is 12.4 Å². The summed E-state index contributed by atoms with van der Waals surface area (Å²) in [6.45, 7) is 0. The molecule has 0 saturated carbocycles. The van der Waals surface area contributed by atoms with Crippen molar-refractivity contribution in [2.75, 3.05) is 0 Å². The zero-order chi connectivity index (χ0) is 14.8. The maximum Gasteiger partial charge on any atom is 0.320 e. The summed E-state index contributed by atoms with van der Waals surface area (Å²) in [6.07, 6.45) is 5.60. The van der Waals surface area contributed by atoms with Gasteiger partial charge in [-0.25, -0.2) is 0 Å². The van der Waals surface area contributed by atoms with E-state index in [9.17, 15) is 4.79 Å². The second kappa shape index (κ2) is 5.38. The van der Waals surface area contributed by atoms with Gasteiger partial charge < -0.3 is 15.8 Å². The number of pyridine rings is 1. The molecule has 5 nitrogen and oxygen atoms in total. The number of aromatic nitrogens is 2. The largest absolute Gasteiger partial charge is 0.480 e. The minimum Gasteiger partial charge on any atom is -0.480 e. The molecule has 0 radical (unpaired) electrons. The summed E-state index contributed by atoms with van der Waals surface area (Å²) in [5.74, 6) is -0.995. The van der Waals surface area contributed by atoms with Crippen LogP contribution in [-0.2, 0) is 11.2 Å². The second-order valence-electron chi connectivity index (χ2n) is 4.93. The molecule has 106 valence electrons. The van der Waals surface area contributed by atoms with E-state index >= 15 is 0 Å². The molecule has 0 aliphatic carbocycles. The third-order valence-corrected chi connectivity index (χ3v) is 3.54. The molecule has 0 amide bonds. The van der Waals surface area contributed by atoms with Crippen LogP contribution in [0.1, 0.15) is 5.56 Å². The fraction of sp³-hybridized carbons (Fsp3) is 0.125. The van der Waals surface area contributed by atoms with Gasteiger partial charge in [-0.3, -0.25) is 9.78 Å². The minimum absolute atomic E-state index is 0.289. The van der Waals surface area contributed by atoms with Crippen molar-refractivity contribution in [1.82, 2.24) is 9.97 Å². The zero-order valence-corrected chi connectivity index (χ0v) is 11.3. The number of aliphatic carboxylic acids is 1. The van der Waals surface area contributed by atoms with Crippen LogP contribution in [-0.4, -0.2) is 27.1 Å². The first-order valence-electron chi connectivity index (χ1n) is 6.64. The standard InChI is InChI=1S/C16H15N3O2/c17-13(16(20)21)8-11-9-19-14-3-1-2-12(15(11)14)10-4-6-18-7-5-10/h1-7,9,13,19H,8,17H2,(H,20,21)/t13-/m0/s1. The van der Waals surface area contributed by atoms with Crippen LogP contribution in [0.5, 0.6) is 0 Å². The number of H-pyrrole nitrogens is 1. The van der Waals surface area contributed by atoms with Gasteiger partial charge in [-0.1, -0.05) is 12.1 Å². The maximum absolute atomic E-state index is 11.0. The van der Waals surface area contributed by atoms with Gasteiger partial charge in [0.1, 0.15) is 6.04 Å². The van der Waals surface area contributed by atoms with E-state index < -0.39 is 12.0 Å². The molecule has 2 heterocycles. The molecule has 0 saturated heterocycles. The summed E-state index contributed by atoms with van der Waals surface area (Å²) in [6, 6.07) is 8.91. The molecule has 0 spiro atoms. The van der Waals surface area contributed by atoms with E-state index in [0.717, 1.165) is 27.6 Å². The number of carbonyl (C=O) groups is 1. The Morgan fingerprint density at radius 3 is 2.76 bits per heavy atom. The predicted octanol–water partition coefficient (Wildman–Crippen LogP) is 2.18. The highest BCUT2D eigenvalue weighted by Gasteiger charge is 2.16. The molecule has 4 N–H and O–H groups in total. The Balaban J connectivity index is 2.13. The molecule has 3 aromatic rings. The van der Waals surface area contributed by atoms with Gasteiger partial charge in [-0.05, 0) is 34.9 Å². The molecule has 1 atom stereocenters. The van der Waals surface area contributed by atoms with Crippen molar-refractivity contribution in [3.05, 3.63) is 54.5 Å². The van der Waals surface area contributed by atoms with Crippen molar-refractivity contribution in [2.24, 2.45) is 5.73 Å². The summed E-state index contributed by atoms with van der Waals surface area (Å²) in [7, 11) is 0. The Morgan fingerprint density at radius 2 is 2.05 bits per heavy atom. The molecule has 0 aliphatic rings. The number of carboxylic acid groups (broad SMARTS) is 1. The normalized spacial score (nSPS) is 12.4. The molecule has 2 aromatic heterocycles. The minimum atomic E-state index is -0.995. The Bertz CT molecular complexity index is 781. The van der Waals surface area contributed by atoms with Crippen LogP contribution in [0, 0.1) is 0 Å². The number of fused-ring (bicyclic) bond motifs is 1. The molecule has 5 heteroatoms. The van der Waals surface area contributed by atoms with Crippen LogP contribution in [0.25, 0.3) is 22.0 Å². The first-order valence-corrected chi connectivity index (χ1v) is 6.64. The fourth-order valence-corrected chi connectivity index (χ4v) is 2.51. The molecule has 0 bridgehead atoms. The average Bonchev–Trinajstić information content (AvgIpc) is 2.91. The van der Waals surface area contributed by atoms with Crippen LogP contribution in [0.15, 0.2) is 48.9 Å². The number of aromatic amines is 1. The highest BCUT2D eigenvalue weighted by atomic mass is 16.4. The lowest BCUT2D eigenvalue weighted by Gasteiger charge is -2.08. The number of hydrogen-bond acceptors (Lipinski definition) is 3. The first-order chi connectivity index (χ1) is 10.2. The van der Waals surface area contributed by atoms with E-state index in [-0.39, 0.29) is 6.42 Å². The molecule has 0 fully saturated rings. The van der Waals surface area contributed by atoms with Crippen molar-refractivity contribution in [3.63, 3.8) is 0 Å². The van der Waals surface area contributed by atoms with Crippen molar-refractivity contribution >= 4 is 16.9 Å². The van der Waals surface area contributed by atoms with E-state index in [1.165, 1.54) is 0 Å². The van der Waals surface area contributed by atoms with Gasteiger partial charge in [0.2, 0.25) is 0 Å². The van der Waals surface area contributed by atoms with Crippen LogP contribution in [0.4, 0.5) is 0 Å². The molecule has 0 unspecified atom stereocenters. The second-order valence-corrected chi connectivity index (χ2v) is 4.93. The summed E-state index contributed by atoms with van der Waals surface area (Å²) < 4.78 is 0. The monoisotopic (exact) mass is 281 g/mol. The number of nitrogens with zero attached hydrogens (tertiary/aromatic N) is 1. The van der Waals surface area contributed by atoms with Gasteiger partial charge in [-0.2, -0.15) is 0 Å². The lowest BCUT2D eigenvalue weighted by atomic mass is 9.97. The van der Waals surface area contributed by atoms with E-state index in [0.29, 0.717) is 0 Å². The molecular weight excluding hydrogens is 266 g/mol. The van der Waals surface area contributed by atoms with Crippen LogP contribution >= 0.6 is 0 Å². The van der Waals surface area contributed by atoms with Gasteiger partial charge >= 0.3 is 5.97 Å². The molecule has 0 aliphatic heterocycles. The number of hydrogen-bond donors (Lipinski definition) is 3. The van der Waals surface area contributed by atoms with Crippen LogP contribution in [0.2, 0.25) is 0 Å². The Kier molecular flexibility index (Phi) is 3.41. The third kappa shape index (κ3) is 2.51. The van der Waals surface area contributed by atoms with Gasteiger partial charge in [0.05, 0.1) is 0 Å². The highest BCUT2D eigenvalue weighted by Crippen LogP contribution is 2.31. The fourth-order valence-electron chi connectivity index (χ4n) is 2.51. The molecule has 1 aromatic carbocycles. The maximum atomic E-state index is 11.0. The summed E-state index contributed by atoms with van der Waals surface area (Å²) in [4.78, 5) is 18.2. The van der Waals surface area contributed by atoms with Crippen molar-refractivity contribution < 1.29 is 9.90 Å². The van der Waals surface area contributed by atoms with E-state index in [1.807, 2.05) is 36.5 Å². The Labute approximate surface area is 121 Å². The lowest BCUT2D eigenvalue weighted by molar-refractivity contribution is -0.138. The Hall–Kier alpha value is -2.66. The van der Waals surface area contributed by atoms with Gasteiger partial charge in [0.25, 0.3) is 0 Å². The third-order valence-electron chi connectivity index (χ3n) is 3.54. The number of nitrogens with one attached hydrogen (secondary N) is 1. The highest BCUT2D eigenvalue weighted by molar-refractivity contribution is 5.98. The molecular formula is C16H15N3O2. The average molecular weight is 281 g/mol. The summed E-state index contributed by atoms with van der Waals surface area (Å²) in [5.41, 5.74) is 9.63. The van der Waals surface area contributed by atoms with Gasteiger partial charge in [-0.15, -0.1) is 0 Å². The number of benzene rings is 1. The lowest BCUT2D eigenvalue weighted by Crippen LogP contribution is -2.32. The SMILES string of the molecule is N[C@@H](Cc1c[nH]c2cccc(-c3ccncc3)c12)C(=O)O. The predicted molar refractivity (Wildman–Crippen MR) is 80.8 cm³/mol. The zero-order valence-electron chi connectivity index (χ0n) is 11.3. The van der Waals surface area contributed by atoms with Gasteiger partial charge in [0, 0.05) is 35.9 Å². The van der Waals surface area contributed by atoms with Crippen molar-refractivity contribution in [3.8, 4) is 11.1 Å². The number of rotatable bonds is 4. The van der Waals surface area contributed by atoms with Crippen molar-refractivity contribution in [1.29, 1.82) is 0 Å². The Morgan fingerprint density at radius 1 is 1.29 bits per heavy atom. The smallest absolute Gasteiger partial charge is 0.320 e. The van der Waals surface area contributed by atoms with E-state index in [2.05, 4.69) is 9.97 Å². The topological polar surface area (TPSA) is 92.0 Å². The van der Waals surface area contributed by atoms with Crippen molar-refractivity contribution in [2.45, 2.75) is 12.5 Å². The summed E-state index contributed by atoms with van der Waals surface area (Å²) >= 11 is 0. The number of nitrogens with two attached hydrogens (primary N) is 1. The number of carboxylic acids is 1. The molecule has 3 rings (SSSR count). The first kappa shape index (κ1) is 13.3. The van der Waals surface area contributed by atoms with E-state index in [4.69, 9.17) is 10.8 Å². The van der Waals surface area contributed by atoms with Crippen LogP contribution in [0.3, 0.4) is 0 Å². The summed E-state index contributed by atoms with van der Waals surface area (Å²) in [5, 5.41) is 10.0. The quantitative estimate of drug-likeness (QED) is 0.683. The molecule has 21 heavy (non-hydrogen) atoms. The van der Waals surface area contributed by atoms with Crippen LogP contribution < -0.4 is 5.73 Å². The van der Waals surface area contributed by atoms with Gasteiger partial charge in [0.15, 0.2) is 0 Å².